The zero-order valence-corrected chi connectivity index (χ0v) is 13.5. The Morgan fingerprint density at radius 1 is 1.20 bits per heavy atom. The summed E-state index contributed by atoms with van der Waals surface area (Å²) in [7, 11) is 1.69. The third kappa shape index (κ3) is 11.8. The van der Waals surface area contributed by atoms with E-state index in [1.807, 2.05) is 27.7 Å². The van der Waals surface area contributed by atoms with E-state index in [1.165, 1.54) is 0 Å². The Morgan fingerprint density at radius 2 is 1.90 bits per heavy atom. The van der Waals surface area contributed by atoms with Crippen LogP contribution in [0.25, 0.3) is 0 Å². The maximum absolute atomic E-state index is 11.7. The first kappa shape index (κ1) is 18.7. The number of amides is 1. The number of carbonyl (C=O) groups excluding carboxylic acids is 1. The van der Waals surface area contributed by atoms with Crippen molar-refractivity contribution in [3.05, 3.63) is 0 Å². The molecular formula is C14H30N4O2. The van der Waals surface area contributed by atoms with Gasteiger partial charge in [0.05, 0.1) is 6.54 Å². The number of carbonyl (C=O) groups is 1. The Labute approximate surface area is 122 Å². The molecule has 0 spiro atoms. The second-order valence-electron chi connectivity index (χ2n) is 5.55. The number of ether oxygens (including phenoxy) is 1. The van der Waals surface area contributed by atoms with Gasteiger partial charge in [-0.2, -0.15) is 0 Å². The van der Waals surface area contributed by atoms with Crippen molar-refractivity contribution in [2.24, 2.45) is 4.99 Å². The summed E-state index contributed by atoms with van der Waals surface area (Å²) < 4.78 is 5.27. The van der Waals surface area contributed by atoms with E-state index in [2.05, 4.69) is 20.9 Å². The minimum Gasteiger partial charge on any atom is -0.382 e. The van der Waals surface area contributed by atoms with Crippen LogP contribution in [-0.4, -0.2) is 50.8 Å². The van der Waals surface area contributed by atoms with Crippen molar-refractivity contribution in [2.45, 2.75) is 46.1 Å². The van der Waals surface area contributed by atoms with Gasteiger partial charge in [0.25, 0.3) is 0 Å². The van der Waals surface area contributed by atoms with Crippen molar-refractivity contribution in [1.29, 1.82) is 0 Å². The average molecular weight is 286 g/mol. The molecule has 0 bridgehead atoms. The monoisotopic (exact) mass is 286 g/mol. The number of rotatable bonds is 8. The summed E-state index contributed by atoms with van der Waals surface area (Å²) in [6.45, 7) is 10.4. The molecule has 20 heavy (non-hydrogen) atoms. The predicted octanol–water partition coefficient (Wildman–Crippen LogP) is 0.883. The van der Waals surface area contributed by atoms with E-state index in [4.69, 9.17) is 4.74 Å². The lowest BCUT2D eigenvalue weighted by Crippen LogP contribution is -2.48. The van der Waals surface area contributed by atoms with Crippen LogP contribution in [0.2, 0.25) is 0 Å². The van der Waals surface area contributed by atoms with Crippen LogP contribution < -0.4 is 16.0 Å². The van der Waals surface area contributed by atoms with E-state index in [-0.39, 0.29) is 18.0 Å². The second-order valence-corrected chi connectivity index (χ2v) is 5.55. The fraction of sp³-hybridized carbons (Fsp3) is 0.857. The largest absolute Gasteiger partial charge is 0.382 e. The highest BCUT2D eigenvalue weighted by atomic mass is 16.5. The Bertz CT molecular complexity index is 298. The van der Waals surface area contributed by atoms with Crippen molar-refractivity contribution >= 4 is 11.9 Å². The van der Waals surface area contributed by atoms with Crippen LogP contribution in [0.1, 0.15) is 40.5 Å². The van der Waals surface area contributed by atoms with Gasteiger partial charge in [-0.05, 0) is 40.5 Å². The summed E-state index contributed by atoms with van der Waals surface area (Å²) in [5.41, 5.74) is -0.213. The summed E-state index contributed by atoms with van der Waals surface area (Å²) >= 11 is 0. The SMILES string of the molecule is CCOCCCCNC(=NC)NCC(=O)NC(C)(C)C. The zero-order chi connectivity index (χ0) is 15.4. The minimum absolute atomic E-state index is 0.0446. The van der Waals surface area contributed by atoms with Gasteiger partial charge in [-0.3, -0.25) is 9.79 Å². The maximum atomic E-state index is 11.7. The maximum Gasteiger partial charge on any atom is 0.239 e. The number of unbranched alkanes of at least 4 members (excludes halogenated alkanes) is 1. The van der Waals surface area contributed by atoms with E-state index in [1.54, 1.807) is 7.05 Å². The van der Waals surface area contributed by atoms with Crippen molar-refractivity contribution < 1.29 is 9.53 Å². The van der Waals surface area contributed by atoms with E-state index in [0.717, 1.165) is 32.6 Å². The van der Waals surface area contributed by atoms with Crippen molar-refractivity contribution in [3.8, 4) is 0 Å². The third-order valence-corrected chi connectivity index (χ3v) is 2.37. The van der Waals surface area contributed by atoms with Crippen LogP contribution in [0.15, 0.2) is 4.99 Å². The van der Waals surface area contributed by atoms with E-state index < -0.39 is 0 Å². The molecule has 3 N–H and O–H groups in total. The Hall–Kier alpha value is -1.30. The molecule has 6 nitrogen and oxygen atoms in total. The first-order valence-corrected chi connectivity index (χ1v) is 7.22. The van der Waals surface area contributed by atoms with Crippen LogP contribution in [0.3, 0.4) is 0 Å². The molecule has 0 rings (SSSR count). The molecule has 0 aromatic heterocycles. The van der Waals surface area contributed by atoms with Crippen LogP contribution in [-0.2, 0) is 9.53 Å². The van der Waals surface area contributed by atoms with Gasteiger partial charge in [0.15, 0.2) is 5.96 Å². The van der Waals surface area contributed by atoms with Crippen LogP contribution in [0.4, 0.5) is 0 Å². The highest BCUT2D eigenvalue weighted by Crippen LogP contribution is 1.97. The smallest absolute Gasteiger partial charge is 0.239 e. The molecule has 0 heterocycles. The van der Waals surface area contributed by atoms with Crippen molar-refractivity contribution in [3.63, 3.8) is 0 Å². The number of nitrogens with zero attached hydrogens (tertiary/aromatic N) is 1. The summed E-state index contributed by atoms with van der Waals surface area (Å²) in [6.07, 6.45) is 2.03. The van der Waals surface area contributed by atoms with Crippen LogP contribution in [0, 0.1) is 0 Å². The van der Waals surface area contributed by atoms with Crippen molar-refractivity contribution in [2.75, 3.05) is 33.4 Å². The number of hydrogen-bond acceptors (Lipinski definition) is 3. The minimum atomic E-state index is -0.213. The van der Waals surface area contributed by atoms with Gasteiger partial charge in [0.2, 0.25) is 5.91 Å². The van der Waals surface area contributed by atoms with E-state index in [0.29, 0.717) is 5.96 Å². The molecule has 0 saturated carbocycles. The predicted molar refractivity (Wildman–Crippen MR) is 83.0 cm³/mol. The Balaban J connectivity index is 3.75. The molecule has 0 unspecified atom stereocenters. The van der Waals surface area contributed by atoms with Crippen molar-refractivity contribution in [1.82, 2.24) is 16.0 Å². The van der Waals surface area contributed by atoms with Crippen LogP contribution >= 0.6 is 0 Å². The molecule has 0 aliphatic carbocycles. The van der Waals surface area contributed by atoms with Gasteiger partial charge >= 0.3 is 0 Å². The molecule has 0 radical (unpaired) electrons. The number of nitrogens with one attached hydrogen (secondary N) is 3. The fourth-order valence-electron chi connectivity index (χ4n) is 1.53. The third-order valence-electron chi connectivity index (χ3n) is 2.37. The van der Waals surface area contributed by atoms with Gasteiger partial charge in [0, 0.05) is 32.3 Å². The molecule has 1 amide bonds. The summed E-state index contributed by atoms with van der Waals surface area (Å²) in [5, 5.41) is 9.05. The number of guanidine groups is 1. The lowest BCUT2D eigenvalue weighted by Gasteiger charge is -2.21. The zero-order valence-electron chi connectivity index (χ0n) is 13.5. The molecule has 0 aliphatic heterocycles. The van der Waals surface area contributed by atoms with Crippen LogP contribution in [0.5, 0.6) is 0 Å². The Morgan fingerprint density at radius 3 is 2.45 bits per heavy atom. The highest BCUT2D eigenvalue weighted by molar-refractivity contribution is 5.86. The fourth-order valence-corrected chi connectivity index (χ4v) is 1.53. The molecule has 6 heteroatoms. The topological polar surface area (TPSA) is 74.8 Å². The van der Waals surface area contributed by atoms with Gasteiger partial charge in [-0.1, -0.05) is 0 Å². The molecule has 0 fully saturated rings. The molecule has 0 aromatic carbocycles. The molecular weight excluding hydrogens is 256 g/mol. The lowest BCUT2D eigenvalue weighted by molar-refractivity contribution is -0.121. The standard InChI is InChI=1S/C14H30N4O2/c1-6-20-10-8-7-9-16-13(15-5)17-11-12(19)18-14(2,3)4/h6-11H2,1-5H3,(H,18,19)(H2,15,16,17). The first-order chi connectivity index (χ1) is 9.39. The highest BCUT2D eigenvalue weighted by Gasteiger charge is 2.13. The Kier molecular flexibility index (Phi) is 9.80. The summed E-state index contributed by atoms with van der Waals surface area (Å²) in [6, 6.07) is 0. The molecule has 0 saturated heterocycles. The number of hydrogen-bond donors (Lipinski definition) is 3. The van der Waals surface area contributed by atoms with Gasteiger partial charge in [0.1, 0.15) is 0 Å². The molecule has 0 aromatic rings. The van der Waals surface area contributed by atoms with Gasteiger partial charge in [-0.25, -0.2) is 0 Å². The molecule has 118 valence electrons. The quantitative estimate of drug-likeness (QED) is 0.352. The second kappa shape index (κ2) is 10.5. The average Bonchev–Trinajstić information content (AvgIpc) is 2.35. The molecule has 0 atom stereocenters. The van der Waals surface area contributed by atoms with E-state index in [9.17, 15) is 4.79 Å². The van der Waals surface area contributed by atoms with Gasteiger partial charge < -0.3 is 20.7 Å². The summed E-state index contributed by atoms with van der Waals surface area (Å²) in [4.78, 5) is 15.7. The lowest BCUT2D eigenvalue weighted by atomic mass is 10.1. The normalized spacial score (nSPS) is 12.2. The number of aliphatic imine (C=N–C) groups is 1. The van der Waals surface area contributed by atoms with E-state index >= 15 is 0 Å². The van der Waals surface area contributed by atoms with Gasteiger partial charge in [-0.15, -0.1) is 0 Å². The molecule has 0 aliphatic rings. The summed E-state index contributed by atoms with van der Waals surface area (Å²) in [5.74, 6) is 0.599. The first-order valence-electron chi connectivity index (χ1n) is 7.22.